The summed E-state index contributed by atoms with van der Waals surface area (Å²) in [7, 11) is 0. The van der Waals surface area contributed by atoms with E-state index in [1.165, 1.54) is 0 Å². The van der Waals surface area contributed by atoms with Gasteiger partial charge < -0.3 is 9.84 Å². The van der Waals surface area contributed by atoms with Gasteiger partial charge in [0, 0.05) is 19.6 Å². The largest absolute Gasteiger partial charge is 0.481 e. The van der Waals surface area contributed by atoms with Crippen molar-refractivity contribution in [2.45, 2.75) is 38.8 Å². The molecule has 4 nitrogen and oxygen atoms in total. The molecule has 1 atom stereocenters. The standard InChI is InChI=1S/C16H23NO3/c1-16(2,3)20-9-8-17-10-12-6-4-5-7-13(12)14(11-17)15(18)19/h4-7,14H,8-11H2,1-3H3,(H,18,19). The number of carboxylic acid groups (broad SMARTS) is 1. The van der Waals surface area contributed by atoms with Crippen molar-refractivity contribution in [1.29, 1.82) is 0 Å². The van der Waals surface area contributed by atoms with Crippen LogP contribution in [0.2, 0.25) is 0 Å². The molecule has 1 aliphatic heterocycles. The quantitative estimate of drug-likeness (QED) is 0.918. The summed E-state index contributed by atoms with van der Waals surface area (Å²) in [6.45, 7) is 8.82. The highest BCUT2D eigenvalue weighted by Gasteiger charge is 2.29. The minimum Gasteiger partial charge on any atom is -0.481 e. The van der Waals surface area contributed by atoms with Crippen molar-refractivity contribution in [2.24, 2.45) is 0 Å². The molecular formula is C16H23NO3. The summed E-state index contributed by atoms with van der Waals surface area (Å²) in [5, 5.41) is 9.40. The van der Waals surface area contributed by atoms with E-state index in [1.807, 2.05) is 45.0 Å². The Bertz CT molecular complexity index is 479. The van der Waals surface area contributed by atoms with E-state index in [4.69, 9.17) is 4.74 Å². The van der Waals surface area contributed by atoms with Crippen molar-refractivity contribution < 1.29 is 14.6 Å². The summed E-state index contributed by atoms with van der Waals surface area (Å²) < 4.78 is 5.73. The fourth-order valence-corrected chi connectivity index (χ4v) is 2.54. The van der Waals surface area contributed by atoms with Crippen molar-refractivity contribution in [2.75, 3.05) is 19.7 Å². The van der Waals surface area contributed by atoms with Gasteiger partial charge in [-0.2, -0.15) is 0 Å². The molecule has 1 aromatic rings. The molecule has 0 fully saturated rings. The molecule has 1 N–H and O–H groups in total. The Morgan fingerprint density at radius 1 is 1.40 bits per heavy atom. The molecule has 0 saturated heterocycles. The fraction of sp³-hybridized carbons (Fsp3) is 0.562. The number of aliphatic carboxylic acids is 1. The van der Waals surface area contributed by atoms with E-state index < -0.39 is 11.9 Å². The molecule has 0 aliphatic carbocycles. The second-order valence-electron chi connectivity index (χ2n) is 6.29. The Morgan fingerprint density at radius 2 is 2.10 bits per heavy atom. The zero-order valence-corrected chi connectivity index (χ0v) is 12.4. The van der Waals surface area contributed by atoms with Gasteiger partial charge in [-0.25, -0.2) is 0 Å². The number of fused-ring (bicyclic) bond motifs is 1. The van der Waals surface area contributed by atoms with E-state index in [9.17, 15) is 9.90 Å². The van der Waals surface area contributed by atoms with Gasteiger partial charge in [-0.05, 0) is 31.9 Å². The lowest BCUT2D eigenvalue weighted by atomic mass is 9.90. The number of nitrogens with zero attached hydrogens (tertiary/aromatic N) is 1. The molecule has 110 valence electrons. The van der Waals surface area contributed by atoms with Crippen LogP contribution in [0.3, 0.4) is 0 Å². The molecule has 0 bridgehead atoms. The van der Waals surface area contributed by atoms with Gasteiger partial charge in [-0.15, -0.1) is 0 Å². The molecule has 0 amide bonds. The third-order valence-corrected chi connectivity index (χ3v) is 3.51. The molecule has 0 spiro atoms. The monoisotopic (exact) mass is 277 g/mol. The molecule has 1 unspecified atom stereocenters. The summed E-state index contributed by atoms with van der Waals surface area (Å²) in [6.07, 6.45) is 0. The Morgan fingerprint density at radius 3 is 2.75 bits per heavy atom. The number of hydrogen-bond donors (Lipinski definition) is 1. The highest BCUT2D eigenvalue weighted by atomic mass is 16.5. The van der Waals surface area contributed by atoms with Gasteiger partial charge in [0.15, 0.2) is 0 Å². The first-order chi connectivity index (χ1) is 9.37. The molecule has 0 aromatic heterocycles. The normalized spacial score (nSPS) is 19.6. The second-order valence-corrected chi connectivity index (χ2v) is 6.29. The molecule has 0 saturated carbocycles. The molecule has 1 aromatic carbocycles. The average Bonchev–Trinajstić information content (AvgIpc) is 2.36. The molecule has 4 heteroatoms. The van der Waals surface area contributed by atoms with Gasteiger partial charge in [0.25, 0.3) is 0 Å². The van der Waals surface area contributed by atoms with Crippen LogP contribution in [0.5, 0.6) is 0 Å². The highest BCUT2D eigenvalue weighted by molar-refractivity contribution is 5.77. The Hall–Kier alpha value is -1.39. The van der Waals surface area contributed by atoms with Crippen LogP contribution < -0.4 is 0 Å². The van der Waals surface area contributed by atoms with Crippen molar-refractivity contribution >= 4 is 5.97 Å². The Balaban J connectivity index is 2.03. The maximum absolute atomic E-state index is 11.4. The smallest absolute Gasteiger partial charge is 0.312 e. The van der Waals surface area contributed by atoms with E-state index in [-0.39, 0.29) is 5.60 Å². The average molecular weight is 277 g/mol. The minimum atomic E-state index is -0.751. The van der Waals surface area contributed by atoms with Gasteiger partial charge in [-0.1, -0.05) is 24.3 Å². The van der Waals surface area contributed by atoms with Gasteiger partial charge in [0.1, 0.15) is 0 Å². The van der Waals surface area contributed by atoms with Crippen LogP contribution in [0.1, 0.15) is 37.8 Å². The molecule has 20 heavy (non-hydrogen) atoms. The molecular weight excluding hydrogens is 254 g/mol. The van der Waals surface area contributed by atoms with Crippen LogP contribution in [0.15, 0.2) is 24.3 Å². The van der Waals surface area contributed by atoms with Crippen molar-refractivity contribution in [3.05, 3.63) is 35.4 Å². The van der Waals surface area contributed by atoms with Crippen LogP contribution in [-0.4, -0.2) is 41.3 Å². The second kappa shape index (κ2) is 5.94. The van der Waals surface area contributed by atoms with Crippen LogP contribution in [0.4, 0.5) is 0 Å². The first-order valence-electron chi connectivity index (χ1n) is 7.04. The van der Waals surface area contributed by atoms with Gasteiger partial charge in [0.05, 0.1) is 18.1 Å². The van der Waals surface area contributed by atoms with E-state index in [2.05, 4.69) is 4.90 Å². The molecule has 1 heterocycles. The maximum atomic E-state index is 11.4. The minimum absolute atomic E-state index is 0.153. The Labute approximate surface area is 120 Å². The molecule has 1 aliphatic rings. The predicted molar refractivity (Wildman–Crippen MR) is 77.8 cm³/mol. The van der Waals surface area contributed by atoms with Gasteiger partial charge >= 0.3 is 5.97 Å². The van der Waals surface area contributed by atoms with Crippen molar-refractivity contribution in [1.82, 2.24) is 4.90 Å². The lowest BCUT2D eigenvalue weighted by molar-refractivity contribution is -0.139. The molecule has 0 radical (unpaired) electrons. The van der Waals surface area contributed by atoms with Gasteiger partial charge in [0.2, 0.25) is 0 Å². The van der Waals surface area contributed by atoms with E-state index >= 15 is 0 Å². The lowest BCUT2D eigenvalue weighted by Gasteiger charge is -2.33. The summed E-state index contributed by atoms with van der Waals surface area (Å²) in [5.74, 6) is -1.19. The summed E-state index contributed by atoms with van der Waals surface area (Å²) in [6, 6.07) is 7.82. The first kappa shape index (κ1) is 15.0. The van der Waals surface area contributed by atoms with Crippen LogP contribution >= 0.6 is 0 Å². The zero-order valence-electron chi connectivity index (χ0n) is 12.4. The topological polar surface area (TPSA) is 49.8 Å². The van der Waals surface area contributed by atoms with Crippen LogP contribution in [0, 0.1) is 0 Å². The lowest BCUT2D eigenvalue weighted by Crippen LogP contribution is -2.39. The SMILES string of the molecule is CC(C)(C)OCCN1Cc2ccccc2C(C(=O)O)C1. The fourth-order valence-electron chi connectivity index (χ4n) is 2.54. The molecule has 2 rings (SSSR count). The highest BCUT2D eigenvalue weighted by Crippen LogP contribution is 2.28. The number of hydrogen-bond acceptors (Lipinski definition) is 3. The van der Waals surface area contributed by atoms with Crippen LogP contribution in [0.25, 0.3) is 0 Å². The summed E-state index contributed by atoms with van der Waals surface area (Å²) in [5.41, 5.74) is 1.91. The number of ether oxygens (including phenoxy) is 1. The van der Waals surface area contributed by atoms with Gasteiger partial charge in [-0.3, -0.25) is 9.69 Å². The Kier molecular flexibility index (Phi) is 4.45. The predicted octanol–water partition coefficient (Wildman–Crippen LogP) is 2.49. The summed E-state index contributed by atoms with van der Waals surface area (Å²) in [4.78, 5) is 13.6. The maximum Gasteiger partial charge on any atom is 0.312 e. The summed E-state index contributed by atoms with van der Waals surface area (Å²) >= 11 is 0. The van der Waals surface area contributed by atoms with E-state index in [1.54, 1.807) is 0 Å². The third kappa shape index (κ3) is 3.81. The van der Waals surface area contributed by atoms with E-state index in [0.717, 1.165) is 24.2 Å². The van der Waals surface area contributed by atoms with Crippen LogP contribution in [-0.2, 0) is 16.1 Å². The van der Waals surface area contributed by atoms with E-state index in [0.29, 0.717) is 13.2 Å². The number of carboxylic acids is 1. The number of benzene rings is 1. The van der Waals surface area contributed by atoms with Crippen molar-refractivity contribution in [3.8, 4) is 0 Å². The number of rotatable bonds is 4. The first-order valence-corrected chi connectivity index (χ1v) is 7.04. The number of carbonyl (C=O) groups is 1. The third-order valence-electron chi connectivity index (χ3n) is 3.51. The zero-order chi connectivity index (χ0) is 14.8. The van der Waals surface area contributed by atoms with Crippen molar-refractivity contribution in [3.63, 3.8) is 0 Å².